The third-order valence-electron chi connectivity index (χ3n) is 8.46. The van der Waals surface area contributed by atoms with Crippen LogP contribution in [-0.2, 0) is 4.79 Å². The SMILES string of the molecule is CC(=O)C(C)(C)COc1noc(C(=O)NC2C3CC4CC(C3)CC2C4)c1SC1CCCC1. The van der Waals surface area contributed by atoms with Gasteiger partial charge in [0.05, 0.1) is 5.41 Å². The summed E-state index contributed by atoms with van der Waals surface area (Å²) in [6, 6.07) is 0.255. The lowest BCUT2D eigenvalue weighted by molar-refractivity contribution is -0.126. The fourth-order valence-electron chi connectivity index (χ4n) is 6.51. The summed E-state index contributed by atoms with van der Waals surface area (Å²) in [6.07, 6.45) is 11.1. The number of rotatable bonds is 8. The third-order valence-corrected chi connectivity index (χ3v) is 9.86. The number of carbonyl (C=O) groups excluding carboxylic acids is 2. The monoisotopic (exact) mass is 460 g/mol. The minimum Gasteiger partial charge on any atom is -0.474 e. The molecule has 0 spiro atoms. The summed E-state index contributed by atoms with van der Waals surface area (Å²) in [5, 5.41) is 7.94. The number of hydrogen-bond acceptors (Lipinski definition) is 6. The van der Waals surface area contributed by atoms with Crippen molar-refractivity contribution in [1.82, 2.24) is 10.5 Å². The number of ketones is 1. The molecule has 0 aliphatic heterocycles. The van der Waals surface area contributed by atoms with Crippen LogP contribution >= 0.6 is 11.8 Å². The molecule has 0 atom stereocenters. The van der Waals surface area contributed by atoms with Crippen molar-refractivity contribution in [1.29, 1.82) is 0 Å². The summed E-state index contributed by atoms with van der Waals surface area (Å²) < 4.78 is 11.6. The van der Waals surface area contributed by atoms with E-state index >= 15 is 0 Å². The standard InChI is InChI=1S/C25H36N2O4S/c1-14(28)25(2,3)13-30-24-22(32-19-6-4-5-7-19)21(31-27-24)23(29)26-20-17-9-15-8-16(11-17)12-18(20)10-15/h15-20H,4-13H2,1-3H3,(H,26,29). The minimum absolute atomic E-state index is 0.0610. The molecule has 0 aromatic carbocycles. The Morgan fingerprint density at radius 2 is 1.72 bits per heavy atom. The molecule has 1 heterocycles. The number of nitrogens with zero attached hydrogens (tertiary/aromatic N) is 1. The first kappa shape index (κ1) is 22.3. The number of aromatic nitrogens is 1. The third kappa shape index (κ3) is 4.34. The molecule has 0 unspecified atom stereocenters. The van der Waals surface area contributed by atoms with Gasteiger partial charge in [-0.1, -0.05) is 12.8 Å². The Balaban J connectivity index is 1.33. The van der Waals surface area contributed by atoms with E-state index in [4.69, 9.17) is 9.26 Å². The Morgan fingerprint density at radius 1 is 1.09 bits per heavy atom. The zero-order valence-electron chi connectivity index (χ0n) is 19.5. The molecule has 0 saturated heterocycles. The highest BCUT2D eigenvalue weighted by Gasteiger charge is 2.49. The highest BCUT2D eigenvalue weighted by atomic mass is 32.2. The van der Waals surface area contributed by atoms with E-state index in [9.17, 15) is 9.59 Å². The largest absolute Gasteiger partial charge is 0.474 e. The molecule has 1 aromatic heterocycles. The lowest BCUT2D eigenvalue weighted by Crippen LogP contribution is -2.55. The van der Waals surface area contributed by atoms with Gasteiger partial charge in [0.1, 0.15) is 17.3 Å². The van der Waals surface area contributed by atoms with Crippen molar-refractivity contribution < 1.29 is 18.8 Å². The van der Waals surface area contributed by atoms with Gasteiger partial charge in [-0.2, -0.15) is 0 Å². The minimum atomic E-state index is -0.614. The zero-order valence-corrected chi connectivity index (χ0v) is 20.3. The lowest BCUT2D eigenvalue weighted by atomic mass is 9.54. The van der Waals surface area contributed by atoms with Crippen molar-refractivity contribution in [3.63, 3.8) is 0 Å². The lowest BCUT2D eigenvalue weighted by Gasteiger charge is -2.54. The first-order valence-corrected chi connectivity index (χ1v) is 13.3. The van der Waals surface area contributed by atoms with Crippen LogP contribution in [0.5, 0.6) is 5.88 Å². The molecule has 5 fully saturated rings. The summed E-state index contributed by atoms with van der Waals surface area (Å²) >= 11 is 1.66. The Kier molecular flexibility index (Phi) is 6.06. The average molecular weight is 461 g/mol. The predicted octanol–water partition coefficient (Wildman–Crippen LogP) is 5.26. The normalized spacial score (nSPS) is 31.8. The number of hydrogen-bond donors (Lipinski definition) is 1. The Labute approximate surface area is 195 Å². The van der Waals surface area contributed by atoms with E-state index in [-0.39, 0.29) is 30.1 Å². The van der Waals surface area contributed by atoms with Crippen LogP contribution in [0.25, 0.3) is 0 Å². The van der Waals surface area contributed by atoms with Crippen molar-refractivity contribution in [3.05, 3.63) is 5.76 Å². The highest BCUT2D eigenvalue weighted by molar-refractivity contribution is 8.00. The van der Waals surface area contributed by atoms with E-state index < -0.39 is 5.41 Å². The van der Waals surface area contributed by atoms with Crippen LogP contribution in [0.15, 0.2) is 9.42 Å². The number of carbonyl (C=O) groups is 2. The number of nitrogens with one attached hydrogen (secondary N) is 1. The molecule has 1 aromatic rings. The van der Waals surface area contributed by atoms with Gasteiger partial charge in [0.15, 0.2) is 0 Å². The van der Waals surface area contributed by atoms with Gasteiger partial charge in [-0.15, -0.1) is 11.8 Å². The van der Waals surface area contributed by atoms with E-state index in [0.717, 1.165) is 24.7 Å². The molecule has 6 nitrogen and oxygen atoms in total. The van der Waals surface area contributed by atoms with Gasteiger partial charge in [0.2, 0.25) is 5.76 Å². The Bertz CT molecular complexity index is 845. The molecule has 176 valence electrons. The molecule has 5 saturated carbocycles. The van der Waals surface area contributed by atoms with Crippen LogP contribution in [0.2, 0.25) is 0 Å². The number of amides is 1. The van der Waals surface area contributed by atoms with Crippen LogP contribution in [0.3, 0.4) is 0 Å². The topological polar surface area (TPSA) is 81.4 Å². The maximum Gasteiger partial charge on any atom is 0.291 e. The van der Waals surface area contributed by atoms with Gasteiger partial charge in [-0.25, -0.2) is 0 Å². The molecule has 1 amide bonds. The average Bonchev–Trinajstić information content (AvgIpc) is 3.39. The maximum atomic E-state index is 13.4. The molecule has 1 N–H and O–H groups in total. The summed E-state index contributed by atoms with van der Waals surface area (Å²) in [4.78, 5) is 26.0. The molecule has 32 heavy (non-hydrogen) atoms. The molecule has 5 aliphatic carbocycles. The van der Waals surface area contributed by atoms with Crippen LogP contribution in [0, 0.1) is 29.1 Å². The number of Topliss-reactive ketones (excluding diaryl/α,β-unsaturated/α-hetero) is 1. The van der Waals surface area contributed by atoms with Crippen LogP contribution in [-0.4, -0.2) is 34.7 Å². The van der Waals surface area contributed by atoms with E-state index in [1.807, 2.05) is 13.8 Å². The van der Waals surface area contributed by atoms with Gasteiger partial charge in [-0.05, 0) is 94.5 Å². The predicted molar refractivity (Wildman–Crippen MR) is 123 cm³/mol. The first-order valence-electron chi connectivity index (χ1n) is 12.4. The van der Waals surface area contributed by atoms with Gasteiger partial charge in [0, 0.05) is 11.3 Å². The van der Waals surface area contributed by atoms with Crippen molar-refractivity contribution in [2.45, 2.75) is 94.7 Å². The summed E-state index contributed by atoms with van der Waals surface area (Å²) in [5.41, 5.74) is -0.614. The second-order valence-electron chi connectivity index (χ2n) is 11.3. The fourth-order valence-corrected chi connectivity index (χ4v) is 7.84. The fraction of sp³-hybridized carbons (Fsp3) is 0.800. The smallest absolute Gasteiger partial charge is 0.291 e. The van der Waals surface area contributed by atoms with Gasteiger partial charge >= 0.3 is 0 Å². The van der Waals surface area contributed by atoms with Gasteiger partial charge in [0.25, 0.3) is 11.8 Å². The number of thioether (sulfide) groups is 1. The van der Waals surface area contributed by atoms with Gasteiger partial charge < -0.3 is 14.6 Å². The summed E-state index contributed by atoms with van der Waals surface area (Å²) in [6.45, 7) is 5.51. The van der Waals surface area contributed by atoms with Crippen LogP contribution < -0.4 is 10.1 Å². The van der Waals surface area contributed by atoms with Crippen molar-refractivity contribution in [2.75, 3.05) is 6.61 Å². The van der Waals surface area contributed by atoms with E-state index in [2.05, 4.69) is 10.5 Å². The summed E-state index contributed by atoms with van der Waals surface area (Å²) in [5.74, 6) is 3.50. The molecule has 5 aliphatic rings. The second-order valence-corrected chi connectivity index (χ2v) is 12.6. The quantitative estimate of drug-likeness (QED) is 0.570. The zero-order chi connectivity index (χ0) is 22.5. The van der Waals surface area contributed by atoms with E-state index in [1.54, 1.807) is 18.7 Å². The van der Waals surface area contributed by atoms with E-state index in [0.29, 0.717) is 27.9 Å². The number of ether oxygens (including phenoxy) is 1. The molecule has 0 radical (unpaired) electrons. The van der Waals surface area contributed by atoms with Crippen LogP contribution in [0.4, 0.5) is 0 Å². The Morgan fingerprint density at radius 3 is 2.31 bits per heavy atom. The molecular weight excluding hydrogens is 424 g/mol. The van der Waals surface area contributed by atoms with Crippen molar-refractivity contribution in [2.24, 2.45) is 29.1 Å². The summed E-state index contributed by atoms with van der Waals surface area (Å²) in [7, 11) is 0. The molecular formula is C25H36N2O4S. The Hall–Kier alpha value is -1.50. The molecule has 7 heteroatoms. The highest BCUT2D eigenvalue weighted by Crippen LogP contribution is 2.54. The van der Waals surface area contributed by atoms with Crippen molar-refractivity contribution in [3.8, 4) is 5.88 Å². The van der Waals surface area contributed by atoms with Gasteiger partial charge in [-0.3, -0.25) is 9.59 Å². The maximum absolute atomic E-state index is 13.4. The van der Waals surface area contributed by atoms with Crippen LogP contribution in [0.1, 0.15) is 89.1 Å². The second kappa shape index (κ2) is 8.69. The molecule has 4 bridgehead atoms. The molecule has 6 rings (SSSR count). The van der Waals surface area contributed by atoms with Crippen molar-refractivity contribution >= 4 is 23.5 Å². The van der Waals surface area contributed by atoms with E-state index in [1.165, 1.54) is 44.9 Å². The first-order chi connectivity index (χ1) is 15.3.